The van der Waals surface area contributed by atoms with E-state index in [1.807, 2.05) is 13.0 Å². The molecule has 0 aromatic heterocycles. The first-order valence-corrected chi connectivity index (χ1v) is 12.3. The van der Waals surface area contributed by atoms with Crippen LogP contribution in [0.1, 0.15) is 53.1 Å². The molecule has 6 heteroatoms. The highest BCUT2D eigenvalue weighted by Crippen LogP contribution is 2.40. The number of benzene rings is 2. The van der Waals surface area contributed by atoms with Crippen LogP contribution in [0.4, 0.5) is 0 Å². The number of hydrogen-bond donors (Lipinski definition) is 2. The van der Waals surface area contributed by atoms with E-state index >= 15 is 0 Å². The lowest BCUT2D eigenvalue weighted by Crippen LogP contribution is -2.07. The van der Waals surface area contributed by atoms with Gasteiger partial charge in [-0.2, -0.15) is 0 Å². The van der Waals surface area contributed by atoms with Gasteiger partial charge in [0.2, 0.25) is 7.37 Å². The van der Waals surface area contributed by atoms with Gasteiger partial charge in [-0.15, -0.1) is 0 Å². The van der Waals surface area contributed by atoms with Gasteiger partial charge in [-0.25, -0.2) is 0 Å². The van der Waals surface area contributed by atoms with E-state index in [1.165, 1.54) is 12.2 Å². The zero-order chi connectivity index (χ0) is 20.5. The van der Waals surface area contributed by atoms with Gasteiger partial charge in [0.25, 0.3) is 0 Å². The van der Waals surface area contributed by atoms with Crippen molar-refractivity contribution < 1.29 is 19.3 Å². The van der Waals surface area contributed by atoms with Gasteiger partial charge < -0.3 is 14.7 Å². The molecule has 27 heavy (non-hydrogen) atoms. The molecule has 0 aliphatic rings. The smallest absolute Gasteiger partial charge is 0.233 e. The Morgan fingerprint density at radius 3 is 2.33 bits per heavy atom. The molecule has 0 saturated carbocycles. The first-order valence-electron chi connectivity index (χ1n) is 8.94. The van der Waals surface area contributed by atoms with Crippen molar-refractivity contribution in [2.24, 2.45) is 0 Å². The van der Waals surface area contributed by atoms with Crippen molar-refractivity contribution in [3.63, 3.8) is 0 Å². The summed E-state index contributed by atoms with van der Waals surface area (Å²) in [4.78, 5) is 9.55. The molecule has 0 aliphatic heterocycles. The van der Waals surface area contributed by atoms with Gasteiger partial charge in [0.1, 0.15) is 11.5 Å². The number of phenolic OH excluding ortho intramolecular Hbond substituents is 1. The van der Waals surface area contributed by atoms with Crippen LogP contribution < -0.4 is 4.74 Å². The van der Waals surface area contributed by atoms with Crippen LogP contribution in [0, 0.1) is 24.3 Å². The molecule has 0 saturated heterocycles. The number of phenols is 1. The monoisotopic (exact) mass is 502 g/mol. The van der Waals surface area contributed by atoms with E-state index in [0.717, 1.165) is 37.8 Å². The fraction of sp³-hybridized carbons (Fsp3) is 0.429. The molecular weight excluding hydrogens is 474 g/mol. The minimum Gasteiger partial charge on any atom is -0.508 e. The number of halogens is 1. The van der Waals surface area contributed by atoms with E-state index in [2.05, 4.69) is 56.4 Å². The van der Waals surface area contributed by atoms with Crippen LogP contribution in [0.3, 0.4) is 0 Å². The third-order valence-electron chi connectivity index (χ3n) is 4.88. The topological polar surface area (TPSA) is 66.8 Å². The molecule has 2 N–H and O–H groups in total. The highest BCUT2D eigenvalue weighted by molar-refractivity contribution is 14.1. The first-order chi connectivity index (χ1) is 12.4. The summed E-state index contributed by atoms with van der Waals surface area (Å²) in [5.74, 6) is 1.29. The predicted molar refractivity (Wildman–Crippen MR) is 120 cm³/mol. The first kappa shape index (κ1) is 22.3. The van der Waals surface area contributed by atoms with E-state index in [9.17, 15) is 14.6 Å². The van der Waals surface area contributed by atoms with Gasteiger partial charge in [0, 0.05) is 6.66 Å². The van der Waals surface area contributed by atoms with E-state index in [4.69, 9.17) is 4.74 Å². The molecule has 1 atom stereocenters. The Morgan fingerprint density at radius 2 is 1.78 bits per heavy atom. The van der Waals surface area contributed by atoms with Crippen LogP contribution in [0.2, 0.25) is 0 Å². The molecule has 0 fully saturated rings. The standard InChI is InChI=1S/C21H28IO4P/c1-12(2)17-9-16(7-8-19(17)23)10-18-13(3)14(4)21(20(22)15(18)5)26-11-27(6,24)25/h7-9,12,23H,10-11H2,1-6H3,(H,24,25). The van der Waals surface area contributed by atoms with Gasteiger partial charge >= 0.3 is 0 Å². The van der Waals surface area contributed by atoms with E-state index in [0.29, 0.717) is 11.5 Å². The third-order valence-corrected chi connectivity index (χ3v) is 6.79. The largest absolute Gasteiger partial charge is 0.508 e. The minimum absolute atomic E-state index is 0.183. The maximum atomic E-state index is 11.6. The summed E-state index contributed by atoms with van der Waals surface area (Å²) in [6.45, 7) is 11.6. The summed E-state index contributed by atoms with van der Waals surface area (Å²) >= 11 is 2.25. The number of hydrogen-bond acceptors (Lipinski definition) is 3. The summed E-state index contributed by atoms with van der Waals surface area (Å²) in [5.41, 5.74) is 6.59. The van der Waals surface area contributed by atoms with Crippen LogP contribution in [0.5, 0.6) is 11.5 Å². The lowest BCUT2D eigenvalue weighted by Gasteiger charge is -2.21. The highest BCUT2D eigenvalue weighted by atomic mass is 127. The second-order valence-corrected chi connectivity index (χ2v) is 11.0. The van der Waals surface area contributed by atoms with E-state index < -0.39 is 7.37 Å². The molecule has 0 radical (unpaired) electrons. The molecule has 148 valence electrons. The van der Waals surface area contributed by atoms with Crippen molar-refractivity contribution in [1.82, 2.24) is 0 Å². The molecule has 1 unspecified atom stereocenters. The van der Waals surface area contributed by atoms with Crippen molar-refractivity contribution in [3.8, 4) is 11.5 Å². The van der Waals surface area contributed by atoms with Crippen molar-refractivity contribution in [3.05, 3.63) is 55.1 Å². The van der Waals surface area contributed by atoms with Gasteiger partial charge in [0.05, 0.1) is 3.57 Å². The predicted octanol–water partition coefficient (Wildman–Crippen LogP) is 5.87. The third kappa shape index (κ3) is 5.27. The zero-order valence-corrected chi connectivity index (χ0v) is 19.8. The Kier molecular flexibility index (Phi) is 7.04. The Balaban J connectivity index is 2.44. The minimum atomic E-state index is -3.24. The molecule has 2 aromatic carbocycles. The lowest BCUT2D eigenvalue weighted by atomic mass is 9.90. The Morgan fingerprint density at radius 1 is 1.15 bits per heavy atom. The molecule has 0 bridgehead atoms. The molecule has 4 nitrogen and oxygen atoms in total. The molecule has 0 spiro atoms. The van der Waals surface area contributed by atoms with Crippen molar-refractivity contribution in [2.75, 3.05) is 13.0 Å². The average molecular weight is 502 g/mol. The fourth-order valence-corrected chi connectivity index (χ4v) is 4.40. The summed E-state index contributed by atoms with van der Waals surface area (Å²) in [7, 11) is -3.24. The Labute approximate surface area is 175 Å². The fourth-order valence-electron chi connectivity index (χ4n) is 3.15. The van der Waals surface area contributed by atoms with E-state index in [-0.39, 0.29) is 12.3 Å². The number of rotatable bonds is 6. The molecule has 2 aromatic rings. The lowest BCUT2D eigenvalue weighted by molar-refractivity contribution is 0.348. The normalized spacial score (nSPS) is 13.7. The highest BCUT2D eigenvalue weighted by Gasteiger charge is 2.20. The van der Waals surface area contributed by atoms with Crippen LogP contribution in [-0.2, 0) is 11.0 Å². The summed E-state index contributed by atoms with van der Waals surface area (Å²) in [6, 6.07) is 5.81. The second kappa shape index (κ2) is 8.54. The maximum absolute atomic E-state index is 11.6. The quantitative estimate of drug-likeness (QED) is 0.383. The average Bonchev–Trinajstić information content (AvgIpc) is 2.57. The Bertz CT molecular complexity index is 871. The zero-order valence-electron chi connectivity index (χ0n) is 16.8. The van der Waals surface area contributed by atoms with Gasteiger partial charge in [-0.3, -0.25) is 4.57 Å². The number of aromatic hydroxyl groups is 1. The summed E-state index contributed by atoms with van der Waals surface area (Å²) in [5, 5.41) is 10.1. The van der Waals surface area contributed by atoms with Crippen LogP contribution in [0.15, 0.2) is 18.2 Å². The van der Waals surface area contributed by atoms with Gasteiger partial charge in [-0.1, -0.05) is 26.0 Å². The number of ether oxygens (including phenoxy) is 1. The summed E-state index contributed by atoms with van der Waals surface area (Å²) in [6.07, 6.45) is 0.582. The summed E-state index contributed by atoms with van der Waals surface area (Å²) < 4.78 is 18.3. The molecule has 0 aliphatic carbocycles. The molecule has 0 amide bonds. The van der Waals surface area contributed by atoms with Gasteiger partial charge in [0.15, 0.2) is 6.35 Å². The van der Waals surface area contributed by atoms with Crippen LogP contribution in [0.25, 0.3) is 0 Å². The van der Waals surface area contributed by atoms with Crippen molar-refractivity contribution in [1.29, 1.82) is 0 Å². The maximum Gasteiger partial charge on any atom is 0.233 e. The SMILES string of the molecule is Cc1c(C)c(OCP(C)(=O)O)c(I)c(C)c1Cc1ccc(O)c(C(C)C)c1. The van der Waals surface area contributed by atoms with E-state index in [1.54, 1.807) is 6.07 Å². The van der Waals surface area contributed by atoms with Crippen LogP contribution in [-0.4, -0.2) is 23.0 Å². The molecular formula is C21H28IO4P. The van der Waals surface area contributed by atoms with Crippen LogP contribution >= 0.6 is 30.0 Å². The van der Waals surface area contributed by atoms with Crippen molar-refractivity contribution in [2.45, 2.75) is 47.0 Å². The molecule has 2 rings (SSSR count). The van der Waals surface area contributed by atoms with Gasteiger partial charge in [-0.05, 0) is 95.1 Å². The van der Waals surface area contributed by atoms with Crippen molar-refractivity contribution >= 4 is 30.0 Å². The molecule has 0 heterocycles. The Hall–Kier alpha value is -1.04. The second-order valence-electron chi connectivity index (χ2n) is 7.55.